The lowest BCUT2D eigenvalue weighted by Crippen LogP contribution is -2.39. The van der Waals surface area contributed by atoms with Gasteiger partial charge in [0.25, 0.3) is 0 Å². The molecule has 2 aromatic rings. The third kappa shape index (κ3) is 4.81. The molecule has 9 heteroatoms. The summed E-state index contributed by atoms with van der Waals surface area (Å²) >= 11 is 0. The molecule has 2 aliphatic rings. The first-order valence-electron chi connectivity index (χ1n) is 11.4. The molecule has 2 heterocycles. The Bertz CT molecular complexity index is 1130. The molecule has 0 bridgehead atoms. The Balaban J connectivity index is 1.60. The number of rotatable bonds is 7. The highest BCUT2D eigenvalue weighted by Crippen LogP contribution is 2.31. The van der Waals surface area contributed by atoms with Crippen molar-refractivity contribution in [1.82, 2.24) is 8.61 Å². The standard InChI is InChI=1S/C23H32N2O5S2/c1-18-6-5-15-24(16-18)31(26,27)22-11-13-23(14-12-22)32(28,29)25(20-7-3-4-8-20)17-21-10-9-19(2)30-21/h9-14,18,20H,3-8,15-17H2,1-2H3. The van der Waals surface area contributed by atoms with Crippen LogP contribution in [0.25, 0.3) is 0 Å². The number of benzene rings is 1. The van der Waals surface area contributed by atoms with Crippen molar-refractivity contribution >= 4 is 20.0 Å². The maximum atomic E-state index is 13.6. The Kier molecular flexibility index (Phi) is 6.81. The second-order valence-electron chi connectivity index (χ2n) is 9.08. The van der Waals surface area contributed by atoms with E-state index in [4.69, 9.17) is 4.42 Å². The SMILES string of the molecule is Cc1ccc(CN(C2CCCC2)S(=O)(=O)c2ccc(S(=O)(=O)N3CCCC(C)C3)cc2)o1. The first-order chi connectivity index (χ1) is 15.2. The molecule has 2 fully saturated rings. The Morgan fingerprint density at radius 3 is 2.19 bits per heavy atom. The molecule has 0 N–H and O–H groups in total. The van der Waals surface area contributed by atoms with Crippen LogP contribution in [0.3, 0.4) is 0 Å². The zero-order chi connectivity index (χ0) is 22.9. The van der Waals surface area contributed by atoms with Crippen LogP contribution in [-0.4, -0.2) is 44.6 Å². The average Bonchev–Trinajstić information content (AvgIpc) is 3.44. The summed E-state index contributed by atoms with van der Waals surface area (Å²) in [6.45, 7) is 5.06. The summed E-state index contributed by atoms with van der Waals surface area (Å²) < 4.78 is 61.9. The summed E-state index contributed by atoms with van der Waals surface area (Å²) in [6, 6.07) is 9.24. The van der Waals surface area contributed by atoms with Crippen molar-refractivity contribution in [3.8, 4) is 0 Å². The van der Waals surface area contributed by atoms with E-state index >= 15 is 0 Å². The van der Waals surface area contributed by atoms with Gasteiger partial charge in [0.1, 0.15) is 11.5 Å². The van der Waals surface area contributed by atoms with Gasteiger partial charge in [0.05, 0.1) is 16.3 Å². The van der Waals surface area contributed by atoms with Gasteiger partial charge in [-0.3, -0.25) is 0 Å². The van der Waals surface area contributed by atoms with Gasteiger partial charge in [0.15, 0.2) is 0 Å². The molecule has 32 heavy (non-hydrogen) atoms. The molecule has 1 atom stereocenters. The summed E-state index contributed by atoms with van der Waals surface area (Å²) in [6.07, 6.45) is 5.50. The number of hydrogen-bond acceptors (Lipinski definition) is 5. The molecule has 1 aromatic carbocycles. The lowest BCUT2D eigenvalue weighted by atomic mass is 10.0. The smallest absolute Gasteiger partial charge is 0.243 e. The predicted octanol–water partition coefficient (Wildman–Crippen LogP) is 4.14. The van der Waals surface area contributed by atoms with Gasteiger partial charge in [0, 0.05) is 19.1 Å². The van der Waals surface area contributed by atoms with Gasteiger partial charge >= 0.3 is 0 Å². The fourth-order valence-corrected chi connectivity index (χ4v) is 8.01. The van der Waals surface area contributed by atoms with Crippen LogP contribution >= 0.6 is 0 Å². The molecule has 7 nitrogen and oxygen atoms in total. The van der Waals surface area contributed by atoms with Gasteiger partial charge in [-0.1, -0.05) is 19.8 Å². The van der Waals surface area contributed by atoms with E-state index in [1.165, 1.54) is 32.9 Å². The molecule has 4 rings (SSSR count). The second-order valence-corrected chi connectivity index (χ2v) is 12.9. The highest BCUT2D eigenvalue weighted by atomic mass is 32.2. The van der Waals surface area contributed by atoms with Crippen LogP contribution < -0.4 is 0 Å². The zero-order valence-corrected chi connectivity index (χ0v) is 20.4. The molecule has 0 spiro atoms. The van der Waals surface area contributed by atoms with E-state index in [-0.39, 0.29) is 22.4 Å². The van der Waals surface area contributed by atoms with Crippen LogP contribution in [0.1, 0.15) is 57.0 Å². The van der Waals surface area contributed by atoms with E-state index in [1.54, 1.807) is 0 Å². The van der Waals surface area contributed by atoms with Gasteiger partial charge in [-0.2, -0.15) is 8.61 Å². The Morgan fingerprint density at radius 1 is 0.938 bits per heavy atom. The summed E-state index contributed by atoms with van der Waals surface area (Å²) in [5, 5.41) is 0. The molecule has 1 unspecified atom stereocenters. The minimum Gasteiger partial charge on any atom is -0.465 e. The summed E-state index contributed by atoms with van der Waals surface area (Å²) in [5.74, 6) is 1.67. The van der Waals surface area contributed by atoms with Crippen molar-refractivity contribution in [1.29, 1.82) is 0 Å². The predicted molar refractivity (Wildman–Crippen MR) is 122 cm³/mol. The summed E-state index contributed by atoms with van der Waals surface area (Å²) in [7, 11) is -7.43. The van der Waals surface area contributed by atoms with Gasteiger partial charge < -0.3 is 4.42 Å². The van der Waals surface area contributed by atoms with Crippen molar-refractivity contribution < 1.29 is 21.3 Å². The van der Waals surface area contributed by atoms with Crippen LogP contribution in [0.5, 0.6) is 0 Å². The normalized spacial score (nSPS) is 21.4. The van der Waals surface area contributed by atoms with Gasteiger partial charge in [-0.15, -0.1) is 0 Å². The molecule has 1 aromatic heterocycles. The van der Waals surface area contributed by atoms with E-state index < -0.39 is 20.0 Å². The number of nitrogens with zero attached hydrogens (tertiary/aromatic N) is 2. The third-order valence-corrected chi connectivity index (χ3v) is 10.3. The molecular formula is C23H32N2O5S2. The minimum atomic E-state index is -3.80. The van der Waals surface area contributed by atoms with Crippen molar-refractivity contribution in [2.45, 2.75) is 74.7 Å². The van der Waals surface area contributed by atoms with Crippen molar-refractivity contribution in [3.63, 3.8) is 0 Å². The largest absolute Gasteiger partial charge is 0.465 e. The van der Waals surface area contributed by atoms with Gasteiger partial charge in [0.2, 0.25) is 20.0 Å². The van der Waals surface area contributed by atoms with Crippen molar-refractivity contribution in [2.75, 3.05) is 13.1 Å². The molecule has 1 saturated carbocycles. The number of aryl methyl sites for hydroxylation is 1. The quantitative estimate of drug-likeness (QED) is 0.594. The third-order valence-electron chi connectivity index (χ3n) is 6.53. The van der Waals surface area contributed by atoms with Crippen LogP contribution in [0, 0.1) is 12.8 Å². The van der Waals surface area contributed by atoms with E-state index in [0.29, 0.717) is 24.8 Å². The molecular weight excluding hydrogens is 448 g/mol. The highest BCUT2D eigenvalue weighted by Gasteiger charge is 2.35. The maximum Gasteiger partial charge on any atom is 0.243 e. The Morgan fingerprint density at radius 2 is 1.59 bits per heavy atom. The molecule has 0 radical (unpaired) electrons. The van der Waals surface area contributed by atoms with Crippen LogP contribution in [0.2, 0.25) is 0 Å². The minimum absolute atomic E-state index is 0.0800. The zero-order valence-electron chi connectivity index (χ0n) is 18.7. The lowest BCUT2D eigenvalue weighted by molar-refractivity contribution is 0.281. The van der Waals surface area contributed by atoms with E-state index in [0.717, 1.165) is 44.3 Å². The monoisotopic (exact) mass is 480 g/mol. The first-order valence-corrected chi connectivity index (χ1v) is 14.2. The highest BCUT2D eigenvalue weighted by molar-refractivity contribution is 7.89. The Labute approximate surface area is 191 Å². The molecule has 1 saturated heterocycles. The van der Waals surface area contributed by atoms with Crippen molar-refractivity contribution in [2.24, 2.45) is 5.92 Å². The van der Waals surface area contributed by atoms with E-state index in [2.05, 4.69) is 6.92 Å². The van der Waals surface area contributed by atoms with Crippen LogP contribution in [0.15, 0.2) is 50.6 Å². The maximum absolute atomic E-state index is 13.6. The molecule has 0 amide bonds. The molecule has 1 aliphatic carbocycles. The second kappa shape index (κ2) is 9.29. The van der Waals surface area contributed by atoms with Gasteiger partial charge in [-0.25, -0.2) is 16.8 Å². The number of piperidine rings is 1. The fourth-order valence-electron chi connectivity index (χ4n) is 4.76. The number of sulfonamides is 2. The topological polar surface area (TPSA) is 87.9 Å². The summed E-state index contributed by atoms with van der Waals surface area (Å²) in [4.78, 5) is 0.248. The van der Waals surface area contributed by atoms with E-state index in [1.807, 2.05) is 19.1 Å². The Hall–Kier alpha value is -1.68. The van der Waals surface area contributed by atoms with E-state index in [9.17, 15) is 16.8 Å². The van der Waals surface area contributed by atoms with Crippen molar-refractivity contribution in [3.05, 3.63) is 47.9 Å². The number of hydrogen-bond donors (Lipinski definition) is 0. The fraction of sp³-hybridized carbons (Fsp3) is 0.565. The van der Waals surface area contributed by atoms with Crippen LogP contribution in [-0.2, 0) is 26.6 Å². The average molecular weight is 481 g/mol. The molecule has 1 aliphatic heterocycles. The first kappa shape index (κ1) is 23.5. The van der Waals surface area contributed by atoms with Crippen LogP contribution in [0.4, 0.5) is 0 Å². The summed E-state index contributed by atoms with van der Waals surface area (Å²) in [5.41, 5.74) is 0. The lowest BCUT2D eigenvalue weighted by Gasteiger charge is -2.30. The van der Waals surface area contributed by atoms with Gasteiger partial charge in [-0.05, 0) is 74.9 Å². The molecule has 176 valence electrons. The number of furan rings is 1.